The van der Waals surface area contributed by atoms with Crippen LogP contribution in [0, 0.1) is 13.8 Å². The molecular formula is C16H12N2O2S2. The Hall–Kier alpha value is -2.18. The van der Waals surface area contributed by atoms with Crippen LogP contribution in [0.3, 0.4) is 0 Å². The molecule has 0 aliphatic carbocycles. The number of hydrogen-bond donors (Lipinski definition) is 2. The number of phenols is 2. The van der Waals surface area contributed by atoms with Gasteiger partial charge in [0.05, 0.1) is 31.0 Å². The molecule has 2 aromatic carbocycles. The van der Waals surface area contributed by atoms with Gasteiger partial charge in [-0.1, -0.05) is 0 Å². The van der Waals surface area contributed by atoms with Crippen LogP contribution in [0.15, 0.2) is 24.3 Å². The summed E-state index contributed by atoms with van der Waals surface area (Å²) in [4.78, 5) is 9.07. The molecule has 4 rings (SSSR count). The maximum Gasteiger partial charge on any atom is 0.128 e. The zero-order valence-corrected chi connectivity index (χ0v) is 13.5. The Kier molecular flexibility index (Phi) is 2.85. The van der Waals surface area contributed by atoms with E-state index in [-0.39, 0.29) is 11.5 Å². The van der Waals surface area contributed by atoms with Gasteiger partial charge in [-0.2, -0.15) is 0 Å². The van der Waals surface area contributed by atoms with E-state index in [1.165, 1.54) is 11.3 Å². The quantitative estimate of drug-likeness (QED) is 0.501. The summed E-state index contributed by atoms with van der Waals surface area (Å²) in [5, 5.41) is 21.7. The highest BCUT2D eigenvalue weighted by atomic mass is 32.1. The normalized spacial score (nSPS) is 11.5. The van der Waals surface area contributed by atoms with E-state index < -0.39 is 0 Å². The van der Waals surface area contributed by atoms with Gasteiger partial charge in [0.1, 0.15) is 16.5 Å². The zero-order valence-electron chi connectivity index (χ0n) is 11.9. The SMILES string of the molecule is Cc1nc2cc3nc(-c4cc(O)c(C)cc4O)sc3cc2s1. The fourth-order valence-corrected chi connectivity index (χ4v) is 4.37. The lowest BCUT2D eigenvalue weighted by molar-refractivity contribution is 0.458. The van der Waals surface area contributed by atoms with Crippen molar-refractivity contribution in [3.8, 4) is 22.1 Å². The third kappa shape index (κ3) is 2.03. The zero-order chi connectivity index (χ0) is 15.4. The molecule has 0 amide bonds. The molecule has 22 heavy (non-hydrogen) atoms. The lowest BCUT2D eigenvalue weighted by atomic mass is 10.1. The lowest BCUT2D eigenvalue weighted by Gasteiger charge is -2.04. The Balaban J connectivity index is 1.94. The number of phenolic OH excluding ortho intramolecular Hbond substituents is 2. The van der Waals surface area contributed by atoms with Crippen LogP contribution in [0.25, 0.3) is 31.0 Å². The largest absolute Gasteiger partial charge is 0.508 e. The first kappa shape index (κ1) is 13.5. The van der Waals surface area contributed by atoms with Crippen LogP contribution in [-0.4, -0.2) is 20.2 Å². The number of hydrogen-bond acceptors (Lipinski definition) is 6. The van der Waals surface area contributed by atoms with Gasteiger partial charge in [0.15, 0.2) is 0 Å². The fraction of sp³-hybridized carbons (Fsp3) is 0.125. The summed E-state index contributed by atoms with van der Waals surface area (Å²) in [6.45, 7) is 3.74. The number of aromatic nitrogens is 2. The van der Waals surface area contributed by atoms with Crippen molar-refractivity contribution < 1.29 is 10.2 Å². The molecule has 4 aromatic rings. The van der Waals surface area contributed by atoms with Gasteiger partial charge in [-0.05, 0) is 43.7 Å². The van der Waals surface area contributed by atoms with Crippen molar-refractivity contribution in [3.05, 3.63) is 34.8 Å². The van der Waals surface area contributed by atoms with Crippen molar-refractivity contribution in [1.29, 1.82) is 0 Å². The van der Waals surface area contributed by atoms with Gasteiger partial charge >= 0.3 is 0 Å². The van der Waals surface area contributed by atoms with Crippen LogP contribution in [0.5, 0.6) is 11.5 Å². The highest BCUT2D eigenvalue weighted by Gasteiger charge is 2.14. The summed E-state index contributed by atoms with van der Waals surface area (Å²) in [6, 6.07) is 7.17. The van der Waals surface area contributed by atoms with E-state index in [0.29, 0.717) is 16.1 Å². The van der Waals surface area contributed by atoms with Gasteiger partial charge in [-0.15, -0.1) is 22.7 Å². The van der Waals surface area contributed by atoms with Crippen LogP contribution in [0.1, 0.15) is 10.6 Å². The summed E-state index contributed by atoms with van der Waals surface area (Å²) in [7, 11) is 0. The lowest BCUT2D eigenvalue weighted by Crippen LogP contribution is -1.81. The number of benzene rings is 2. The molecule has 0 fully saturated rings. The molecule has 0 spiro atoms. The summed E-state index contributed by atoms with van der Waals surface area (Å²) in [6.07, 6.45) is 0. The van der Waals surface area contributed by atoms with Gasteiger partial charge in [0.25, 0.3) is 0 Å². The molecule has 0 aliphatic rings. The molecule has 0 aliphatic heterocycles. The average Bonchev–Trinajstić information content (AvgIpc) is 3.01. The van der Waals surface area contributed by atoms with Gasteiger partial charge in [-0.25, -0.2) is 9.97 Å². The van der Waals surface area contributed by atoms with Crippen molar-refractivity contribution in [2.24, 2.45) is 0 Å². The third-order valence-corrected chi connectivity index (χ3v) is 5.53. The van der Waals surface area contributed by atoms with Gasteiger partial charge in [-0.3, -0.25) is 0 Å². The minimum absolute atomic E-state index is 0.130. The third-order valence-electron chi connectivity index (χ3n) is 3.55. The van der Waals surface area contributed by atoms with E-state index in [2.05, 4.69) is 16.0 Å². The molecule has 0 bridgehead atoms. The second kappa shape index (κ2) is 4.66. The number of thiazole rings is 2. The Morgan fingerprint density at radius 1 is 0.818 bits per heavy atom. The molecule has 0 radical (unpaired) electrons. The van der Waals surface area contributed by atoms with Crippen molar-refractivity contribution >= 4 is 43.1 Å². The molecule has 110 valence electrons. The van der Waals surface area contributed by atoms with Crippen molar-refractivity contribution in [3.63, 3.8) is 0 Å². The van der Waals surface area contributed by atoms with E-state index >= 15 is 0 Å². The van der Waals surface area contributed by atoms with E-state index in [0.717, 1.165) is 25.4 Å². The number of aromatic hydroxyl groups is 2. The first-order valence-corrected chi connectivity index (χ1v) is 8.35. The van der Waals surface area contributed by atoms with E-state index in [1.807, 2.05) is 13.0 Å². The van der Waals surface area contributed by atoms with Crippen LogP contribution < -0.4 is 0 Å². The minimum atomic E-state index is 0.130. The van der Waals surface area contributed by atoms with Crippen molar-refractivity contribution in [1.82, 2.24) is 9.97 Å². The molecule has 6 heteroatoms. The van der Waals surface area contributed by atoms with Crippen LogP contribution in [0.4, 0.5) is 0 Å². The second-order valence-corrected chi connectivity index (χ2v) is 7.46. The maximum absolute atomic E-state index is 10.1. The molecule has 2 aromatic heterocycles. The topological polar surface area (TPSA) is 66.2 Å². The number of aryl methyl sites for hydroxylation is 2. The minimum Gasteiger partial charge on any atom is -0.508 e. The molecule has 0 saturated carbocycles. The number of nitrogens with zero attached hydrogens (tertiary/aromatic N) is 2. The predicted molar refractivity (Wildman–Crippen MR) is 91.0 cm³/mol. The first-order chi connectivity index (χ1) is 10.5. The molecule has 0 unspecified atom stereocenters. The highest BCUT2D eigenvalue weighted by Crippen LogP contribution is 2.39. The van der Waals surface area contributed by atoms with Gasteiger partial charge in [0, 0.05) is 0 Å². The van der Waals surface area contributed by atoms with Crippen LogP contribution in [-0.2, 0) is 0 Å². The number of rotatable bonds is 1. The molecule has 0 saturated heterocycles. The Morgan fingerprint density at radius 2 is 1.55 bits per heavy atom. The summed E-state index contributed by atoms with van der Waals surface area (Å²) in [5.74, 6) is 0.287. The molecule has 2 heterocycles. The summed E-state index contributed by atoms with van der Waals surface area (Å²) in [5.41, 5.74) is 3.00. The van der Waals surface area contributed by atoms with E-state index in [4.69, 9.17) is 0 Å². The average molecular weight is 328 g/mol. The first-order valence-electron chi connectivity index (χ1n) is 6.72. The van der Waals surface area contributed by atoms with Crippen molar-refractivity contribution in [2.75, 3.05) is 0 Å². The maximum atomic E-state index is 10.1. The molecule has 0 atom stereocenters. The summed E-state index contributed by atoms with van der Waals surface area (Å²) < 4.78 is 2.18. The Bertz CT molecular complexity index is 983. The second-order valence-electron chi connectivity index (χ2n) is 5.20. The summed E-state index contributed by atoms with van der Waals surface area (Å²) >= 11 is 3.16. The molecule has 2 N–H and O–H groups in total. The van der Waals surface area contributed by atoms with Crippen molar-refractivity contribution in [2.45, 2.75) is 13.8 Å². The van der Waals surface area contributed by atoms with Crippen LogP contribution in [0.2, 0.25) is 0 Å². The predicted octanol–water partition coefficient (Wildman–Crippen LogP) is 4.60. The monoisotopic (exact) mass is 328 g/mol. The van der Waals surface area contributed by atoms with E-state index in [1.54, 1.807) is 30.4 Å². The van der Waals surface area contributed by atoms with Gasteiger partial charge < -0.3 is 10.2 Å². The Labute approximate surface area is 134 Å². The highest BCUT2D eigenvalue weighted by molar-refractivity contribution is 7.22. The van der Waals surface area contributed by atoms with Gasteiger partial charge in [0.2, 0.25) is 0 Å². The fourth-order valence-electron chi connectivity index (χ4n) is 2.43. The smallest absolute Gasteiger partial charge is 0.128 e. The van der Waals surface area contributed by atoms with E-state index in [9.17, 15) is 10.2 Å². The number of fused-ring (bicyclic) bond motifs is 2. The molecular weight excluding hydrogens is 316 g/mol. The molecule has 4 nitrogen and oxygen atoms in total. The van der Waals surface area contributed by atoms with Crippen LogP contribution >= 0.6 is 22.7 Å². The Morgan fingerprint density at radius 3 is 2.36 bits per heavy atom. The standard InChI is InChI=1S/C16H12N2O2S2/c1-7-3-13(20)9(4-12(7)19)16-18-11-5-10-14(6-15(11)22-16)21-8(2)17-10/h3-6,19-20H,1-2H3.